The van der Waals surface area contributed by atoms with Crippen LogP contribution in [0.4, 0.5) is 0 Å². The van der Waals surface area contributed by atoms with Crippen LogP contribution in [0.25, 0.3) is 0 Å². The second kappa shape index (κ2) is 45.2. The van der Waals surface area contributed by atoms with Crippen molar-refractivity contribution >= 4 is 5.97 Å². The molecule has 72 heavy (non-hydrogen) atoms. The van der Waals surface area contributed by atoms with Crippen LogP contribution in [-0.2, 0) is 33.2 Å². The molecule has 420 valence electrons. The van der Waals surface area contributed by atoms with E-state index in [1.807, 2.05) is 0 Å². The van der Waals surface area contributed by atoms with E-state index in [0.29, 0.717) is 13.0 Å². The summed E-state index contributed by atoms with van der Waals surface area (Å²) >= 11 is 0. The second-order valence-corrected chi connectivity index (χ2v) is 20.1. The zero-order valence-corrected chi connectivity index (χ0v) is 44.9. The molecule has 2 aliphatic heterocycles. The van der Waals surface area contributed by atoms with Crippen molar-refractivity contribution in [3.05, 3.63) is 48.6 Å². The molecule has 0 bridgehead atoms. The molecule has 2 heterocycles. The summed E-state index contributed by atoms with van der Waals surface area (Å²) < 4.78 is 34.4. The minimum absolute atomic E-state index is 0.0515. The lowest BCUT2D eigenvalue weighted by atomic mass is 9.98. The highest BCUT2D eigenvalue weighted by molar-refractivity contribution is 5.69. The molecule has 0 aromatic heterocycles. The van der Waals surface area contributed by atoms with Crippen molar-refractivity contribution in [2.45, 2.75) is 280 Å². The molecule has 14 nitrogen and oxygen atoms in total. The van der Waals surface area contributed by atoms with Crippen molar-refractivity contribution in [1.82, 2.24) is 0 Å². The number of unbranched alkanes of at least 4 members (excludes halogenated alkanes) is 24. The standard InChI is InChI=1S/C58H104O14/c1-3-5-7-9-11-13-15-17-19-21-22-23-24-25-27-29-31-33-35-37-39-41-50(60)70-47(44-67-42-40-38-36-34-32-30-28-26-20-18-16-14-12-10-8-6-4-2)45-68-57-56(66)54(64)52(62)49(72-57)46-69-58-55(65)53(63)51(61)48(43-59)71-58/h15,17,20-22,24-26,47-49,51-59,61-66H,3-14,16,18-19,23,27-46H2,1-2H3/b17-15-,22-21-,25-24-,26-20-. The first-order chi connectivity index (χ1) is 35.1. The van der Waals surface area contributed by atoms with Gasteiger partial charge in [-0.1, -0.05) is 178 Å². The van der Waals surface area contributed by atoms with Gasteiger partial charge in [0.1, 0.15) is 54.9 Å². The van der Waals surface area contributed by atoms with E-state index in [-0.39, 0.29) is 25.6 Å². The summed E-state index contributed by atoms with van der Waals surface area (Å²) in [7, 11) is 0. The molecular weight excluding hydrogens is 921 g/mol. The Morgan fingerprint density at radius 3 is 1.36 bits per heavy atom. The van der Waals surface area contributed by atoms with Gasteiger partial charge in [0, 0.05) is 13.0 Å². The summed E-state index contributed by atoms with van der Waals surface area (Å²) in [5, 5.41) is 72.3. The smallest absolute Gasteiger partial charge is 0.306 e. The van der Waals surface area contributed by atoms with Crippen LogP contribution in [0.1, 0.15) is 213 Å². The first kappa shape index (κ1) is 66.1. The van der Waals surface area contributed by atoms with Gasteiger partial charge in [0.2, 0.25) is 0 Å². The van der Waals surface area contributed by atoms with Crippen LogP contribution >= 0.6 is 0 Å². The third-order valence-electron chi connectivity index (χ3n) is 13.6. The Morgan fingerprint density at radius 1 is 0.458 bits per heavy atom. The first-order valence-electron chi connectivity index (χ1n) is 28.7. The Balaban J connectivity index is 1.74. The van der Waals surface area contributed by atoms with Gasteiger partial charge in [0.25, 0.3) is 0 Å². The summed E-state index contributed by atoms with van der Waals surface area (Å²) in [6.07, 6.45) is 37.3. The number of hydrogen-bond donors (Lipinski definition) is 7. The van der Waals surface area contributed by atoms with E-state index in [4.69, 9.17) is 28.4 Å². The number of aliphatic hydroxyl groups is 7. The number of carbonyl (C=O) groups is 1. The Bertz CT molecular complexity index is 1370. The van der Waals surface area contributed by atoms with Crippen molar-refractivity contribution in [3.8, 4) is 0 Å². The first-order valence-corrected chi connectivity index (χ1v) is 28.7. The molecule has 0 spiro atoms. The Kier molecular flexibility index (Phi) is 41.4. The highest BCUT2D eigenvalue weighted by Crippen LogP contribution is 2.26. The third-order valence-corrected chi connectivity index (χ3v) is 13.6. The summed E-state index contributed by atoms with van der Waals surface area (Å²) in [6.45, 7) is 3.66. The van der Waals surface area contributed by atoms with Crippen LogP contribution < -0.4 is 0 Å². The molecule has 0 radical (unpaired) electrons. The fraction of sp³-hybridized carbons (Fsp3) is 0.845. The van der Waals surface area contributed by atoms with Gasteiger partial charge in [-0.05, 0) is 77.0 Å². The van der Waals surface area contributed by atoms with Crippen LogP contribution in [-0.4, -0.2) is 142 Å². The predicted octanol–water partition coefficient (Wildman–Crippen LogP) is 9.91. The summed E-state index contributed by atoms with van der Waals surface area (Å²) in [5.41, 5.74) is 0. The minimum atomic E-state index is -1.71. The van der Waals surface area contributed by atoms with E-state index >= 15 is 0 Å². The van der Waals surface area contributed by atoms with Crippen LogP contribution in [0.15, 0.2) is 48.6 Å². The van der Waals surface area contributed by atoms with Gasteiger partial charge in [0.15, 0.2) is 12.6 Å². The number of ether oxygens (including phenoxy) is 6. The zero-order chi connectivity index (χ0) is 52.3. The third kappa shape index (κ3) is 31.7. The topological polar surface area (TPSA) is 214 Å². The lowest BCUT2D eigenvalue weighted by Crippen LogP contribution is -2.61. The van der Waals surface area contributed by atoms with Gasteiger partial charge >= 0.3 is 5.97 Å². The molecule has 14 heteroatoms. The SMILES string of the molecule is CCCCCCC/C=C\C/C=C\C/C=C\CCCCCCCCC(=O)OC(COCCCCCCCC/C=C\CCCCCCCCC)COC1OC(COC2OC(CO)C(O)C(O)C2O)C(O)C(O)C1O. The average molecular weight is 1030 g/mol. The predicted molar refractivity (Wildman–Crippen MR) is 284 cm³/mol. The Morgan fingerprint density at radius 2 is 0.861 bits per heavy atom. The fourth-order valence-electron chi connectivity index (χ4n) is 8.88. The van der Waals surface area contributed by atoms with Gasteiger partial charge in [-0.15, -0.1) is 0 Å². The van der Waals surface area contributed by atoms with Crippen molar-refractivity contribution in [2.24, 2.45) is 0 Å². The van der Waals surface area contributed by atoms with Crippen LogP contribution in [0.5, 0.6) is 0 Å². The zero-order valence-electron chi connectivity index (χ0n) is 44.9. The number of esters is 1. The maximum absolute atomic E-state index is 13.1. The molecule has 0 aromatic rings. The average Bonchev–Trinajstić information content (AvgIpc) is 3.38. The van der Waals surface area contributed by atoms with Crippen LogP contribution in [0.3, 0.4) is 0 Å². The van der Waals surface area contributed by atoms with Gasteiger partial charge in [0.05, 0.1) is 26.4 Å². The number of rotatable bonds is 46. The van der Waals surface area contributed by atoms with Crippen molar-refractivity contribution in [3.63, 3.8) is 0 Å². The van der Waals surface area contributed by atoms with Gasteiger partial charge in [-0.3, -0.25) is 4.79 Å². The lowest BCUT2D eigenvalue weighted by molar-refractivity contribution is -0.332. The molecule has 2 aliphatic rings. The van der Waals surface area contributed by atoms with E-state index in [2.05, 4.69) is 62.5 Å². The molecule has 0 saturated carbocycles. The molecular formula is C58H104O14. The molecule has 2 saturated heterocycles. The van der Waals surface area contributed by atoms with Crippen molar-refractivity contribution in [1.29, 1.82) is 0 Å². The molecule has 7 N–H and O–H groups in total. The van der Waals surface area contributed by atoms with Crippen molar-refractivity contribution < 1.29 is 69.0 Å². The van der Waals surface area contributed by atoms with E-state index in [1.54, 1.807) is 0 Å². The van der Waals surface area contributed by atoms with E-state index in [0.717, 1.165) is 77.0 Å². The molecule has 0 aromatic carbocycles. The van der Waals surface area contributed by atoms with Crippen molar-refractivity contribution in [2.75, 3.05) is 33.0 Å². The molecule has 11 atom stereocenters. The quantitative estimate of drug-likeness (QED) is 0.0172. The second-order valence-electron chi connectivity index (χ2n) is 20.1. The molecule has 0 amide bonds. The van der Waals surface area contributed by atoms with Gasteiger partial charge < -0.3 is 64.2 Å². The monoisotopic (exact) mass is 1020 g/mol. The van der Waals surface area contributed by atoms with Gasteiger partial charge in [-0.2, -0.15) is 0 Å². The van der Waals surface area contributed by atoms with E-state index < -0.39 is 80.7 Å². The summed E-state index contributed by atoms with van der Waals surface area (Å²) in [5.74, 6) is -0.390. The maximum atomic E-state index is 13.1. The highest BCUT2D eigenvalue weighted by atomic mass is 16.7. The summed E-state index contributed by atoms with van der Waals surface area (Å²) in [4.78, 5) is 13.1. The number of aliphatic hydroxyl groups excluding tert-OH is 7. The van der Waals surface area contributed by atoms with E-state index in [9.17, 15) is 40.5 Å². The van der Waals surface area contributed by atoms with Gasteiger partial charge in [-0.25, -0.2) is 0 Å². The molecule has 11 unspecified atom stereocenters. The highest BCUT2D eigenvalue weighted by Gasteiger charge is 2.47. The van der Waals surface area contributed by atoms with E-state index in [1.165, 1.54) is 109 Å². The molecule has 0 aliphatic carbocycles. The summed E-state index contributed by atoms with van der Waals surface area (Å²) in [6, 6.07) is 0. The van der Waals surface area contributed by atoms with Crippen LogP contribution in [0.2, 0.25) is 0 Å². The number of allylic oxidation sites excluding steroid dienone is 8. The molecule has 2 fully saturated rings. The minimum Gasteiger partial charge on any atom is -0.457 e. The lowest BCUT2D eigenvalue weighted by Gasteiger charge is -2.42. The Hall–Kier alpha value is -2.05. The normalized spacial score (nSPS) is 25.5. The fourth-order valence-corrected chi connectivity index (χ4v) is 8.88. The largest absolute Gasteiger partial charge is 0.457 e. The maximum Gasteiger partial charge on any atom is 0.306 e. The molecule has 2 rings (SSSR count). The number of carbonyl (C=O) groups excluding carboxylic acids is 1. The Labute approximate surface area is 435 Å². The van der Waals surface area contributed by atoms with Crippen LogP contribution in [0, 0.1) is 0 Å². The number of hydrogen-bond acceptors (Lipinski definition) is 14.